The fourth-order valence-electron chi connectivity index (χ4n) is 1.76. The van der Waals surface area contributed by atoms with Gasteiger partial charge in [0.15, 0.2) is 0 Å². The van der Waals surface area contributed by atoms with Crippen LogP contribution in [0, 0.1) is 6.92 Å². The number of benzene rings is 2. The molecule has 0 bridgehead atoms. The van der Waals surface area contributed by atoms with E-state index in [4.69, 9.17) is 11.5 Å². The van der Waals surface area contributed by atoms with Crippen LogP contribution in [0.2, 0.25) is 0 Å². The zero-order valence-corrected chi connectivity index (χ0v) is 9.40. The minimum Gasteiger partial charge on any atom is -0.399 e. The van der Waals surface area contributed by atoms with Crippen LogP contribution in [0.25, 0.3) is 0 Å². The summed E-state index contributed by atoms with van der Waals surface area (Å²) in [4.78, 5) is 0. The number of para-hydroxylation sites is 1. The molecular weight excluding hydrogens is 196 g/mol. The highest BCUT2D eigenvalue weighted by molar-refractivity contribution is 5.51. The van der Waals surface area contributed by atoms with Crippen molar-refractivity contribution in [2.24, 2.45) is 0 Å². The van der Waals surface area contributed by atoms with Gasteiger partial charge < -0.3 is 11.5 Å². The standard InChI is InChI=1S/C14H16N2/c1-10-8-11(6-7-13(10)15)9-12-4-2-3-5-14(12)16/h2-8H,9,15-16H2,1H3. The molecule has 0 aliphatic carbocycles. The lowest BCUT2D eigenvalue weighted by Gasteiger charge is -2.07. The van der Waals surface area contributed by atoms with Crippen LogP contribution < -0.4 is 11.5 Å². The number of aryl methyl sites for hydroxylation is 1. The van der Waals surface area contributed by atoms with E-state index in [1.54, 1.807) is 0 Å². The monoisotopic (exact) mass is 212 g/mol. The third-order valence-electron chi connectivity index (χ3n) is 2.78. The van der Waals surface area contributed by atoms with Gasteiger partial charge in [0.05, 0.1) is 0 Å². The van der Waals surface area contributed by atoms with Crippen LogP contribution in [0.4, 0.5) is 11.4 Å². The summed E-state index contributed by atoms with van der Waals surface area (Å²) < 4.78 is 0. The molecule has 0 aliphatic heterocycles. The largest absolute Gasteiger partial charge is 0.399 e. The van der Waals surface area contributed by atoms with E-state index in [9.17, 15) is 0 Å². The molecular formula is C14H16N2. The van der Waals surface area contributed by atoms with Gasteiger partial charge in [-0.15, -0.1) is 0 Å². The molecule has 0 saturated heterocycles. The van der Waals surface area contributed by atoms with Gasteiger partial charge in [0.1, 0.15) is 0 Å². The van der Waals surface area contributed by atoms with Crippen LogP contribution in [0.1, 0.15) is 16.7 Å². The topological polar surface area (TPSA) is 52.0 Å². The second kappa shape index (κ2) is 4.27. The Morgan fingerprint density at radius 3 is 2.38 bits per heavy atom. The van der Waals surface area contributed by atoms with E-state index < -0.39 is 0 Å². The van der Waals surface area contributed by atoms with Gasteiger partial charge in [0.25, 0.3) is 0 Å². The van der Waals surface area contributed by atoms with Crippen molar-refractivity contribution in [3.05, 3.63) is 59.2 Å². The van der Waals surface area contributed by atoms with Crippen LogP contribution in [0.15, 0.2) is 42.5 Å². The van der Waals surface area contributed by atoms with E-state index >= 15 is 0 Å². The molecule has 0 amide bonds. The maximum absolute atomic E-state index is 5.91. The van der Waals surface area contributed by atoms with Crippen molar-refractivity contribution < 1.29 is 0 Å². The predicted octanol–water partition coefficient (Wildman–Crippen LogP) is 2.75. The van der Waals surface area contributed by atoms with Gasteiger partial charge in [-0.05, 0) is 42.2 Å². The lowest BCUT2D eigenvalue weighted by molar-refractivity contribution is 1.19. The molecule has 2 aromatic rings. The fraction of sp³-hybridized carbons (Fsp3) is 0.143. The number of nitrogen functional groups attached to an aromatic ring is 2. The summed E-state index contributed by atoms with van der Waals surface area (Å²) in [5.41, 5.74) is 16.9. The van der Waals surface area contributed by atoms with Crippen molar-refractivity contribution in [3.63, 3.8) is 0 Å². The first-order valence-electron chi connectivity index (χ1n) is 5.35. The molecule has 0 aliphatic rings. The molecule has 0 aromatic heterocycles. The minimum absolute atomic E-state index is 0.838. The molecule has 0 unspecified atom stereocenters. The van der Waals surface area contributed by atoms with Gasteiger partial charge in [-0.2, -0.15) is 0 Å². The molecule has 4 N–H and O–H groups in total. The molecule has 16 heavy (non-hydrogen) atoms. The van der Waals surface area contributed by atoms with Crippen molar-refractivity contribution in [3.8, 4) is 0 Å². The van der Waals surface area contributed by atoms with Gasteiger partial charge in [0.2, 0.25) is 0 Å². The van der Waals surface area contributed by atoms with Gasteiger partial charge >= 0.3 is 0 Å². The lowest BCUT2D eigenvalue weighted by Crippen LogP contribution is -1.97. The van der Waals surface area contributed by atoms with Gasteiger partial charge in [0, 0.05) is 11.4 Å². The normalized spacial score (nSPS) is 10.3. The molecule has 2 heteroatoms. The van der Waals surface area contributed by atoms with Crippen molar-refractivity contribution in [1.82, 2.24) is 0 Å². The Bertz CT molecular complexity index is 504. The Morgan fingerprint density at radius 1 is 0.938 bits per heavy atom. The molecule has 0 radical (unpaired) electrons. The lowest BCUT2D eigenvalue weighted by atomic mass is 10.0. The second-order valence-electron chi connectivity index (χ2n) is 4.07. The second-order valence-corrected chi connectivity index (χ2v) is 4.07. The molecule has 0 fully saturated rings. The first kappa shape index (κ1) is 10.6. The van der Waals surface area contributed by atoms with Crippen molar-refractivity contribution in [2.45, 2.75) is 13.3 Å². The average Bonchev–Trinajstić information content (AvgIpc) is 2.27. The smallest absolute Gasteiger partial charge is 0.0349 e. The number of rotatable bonds is 2. The minimum atomic E-state index is 0.838. The molecule has 2 nitrogen and oxygen atoms in total. The Morgan fingerprint density at radius 2 is 1.69 bits per heavy atom. The summed E-state index contributed by atoms with van der Waals surface area (Å²) in [7, 11) is 0. The molecule has 0 spiro atoms. The summed E-state index contributed by atoms with van der Waals surface area (Å²) in [5, 5.41) is 0. The Hall–Kier alpha value is -1.96. The highest BCUT2D eigenvalue weighted by atomic mass is 14.6. The number of nitrogens with two attached hydrogens (primary N) is 2. The van der Waals surface area contributed by atoms with E-state index in [0.29, 0.717) is 0 Å². The number of hydrogen-bond donors (Lipinski definition) is 2. The maximum atomic E-state index is 5.91. The highest BCUT2D eigenvalue weighted by Crippen LogP contribution is 2.19. The molecule has 2 rings (SSSR count). The quantitative estimate of drug-likeness (QED) is 0.752. The maximum Gasteiger partial charge on any atom is 0.0349 e. The van der Waals surface area contributed by atoms with Crippen LogP contribution in [0.5, 0.6) is 0 Å². The molecule has 0 atom stereocenters. The van der Waals surface area contributed by atoms with E-state index in [1.165, 1.54) is 5.56 Å². The zero-order valence-electron chi connectivity index (χ0n) is 9.40. The van der Waals surface area contributed by atoms with Gasteiger partial charge in [-0.1, -0.05) is 30.3 Å². The van der Waals surface area contributed by atoms with Gasteiger partial charge in [-0.3, -0.25) is 0 Å². The molecule has 2 aromatic carbocycles. The van der Waals surface area contributed by atoms with Crippen molar-refractivity contribution in [1.29, 1.82) is 0 Å². The van der Waals surface area contributed by atoms with Crippen LogP contribution in [0.3, 0.4) is 0 Å². The van der Waals surface area contributed by atoms with Crippen LogP contribution in [-0.2, 0) is 6.42 Å². The van der Waals surface area contributed by atoms with Gasteiger partial charge in [-0.25, -0.2) is 0 Å². The van der Waals surface area contributed by atoms with Crippen LogP contribution in [-0.4, -0.2) is 0 Å². The Labute approximate surface area is 95.9 Å². The van der Waals surface area contributed by atoms with E-state index in [0.717, 1.165) is 28.9 Å². The Kier molecular flexibility index (Phi) is 2.82. The summed E-state index contributed by atoms with van der Waals surface area (Å²) in [6, 6.07) is 14.1. The van der Waals surface area contributed by atoms with Crippen molar-refractivity contribution in [2.75, 3.05) is 11.5 Å². The highest BCUT2D eigenvalue weighted by Gasteiger charge is 2.01. The van der Waals surface area contributed by atoms with E-state index in [2.05, 4.69) is 18.2 Å². The fourth-order valence-corrected chi connectivity index (χ4v) is 1.76. The summed E-state index contributed by atoms with van der Waals surface area (Å²) >= 11 is 0. The first-order valence-corrected chi connectivity index (χ1v) is 5.35. The van der Waals surface area contributed by atoms with Crippen LogP contribution >= 0.6 is 0 Å². The molecule has 0 heterocycles. The number of hydrogen-bond acceptors (Lipinski definition) is 2. The SMILES string of the molecule is Cc1cc(Cc2ccccc2N)ccc1N. The summed E-state index contributed by atoms with van der Waals surface area (Å²) in [6.07, 6.45) is 0.855. The summed E-state index contributed by atoms with van der Waals surface area (Å²) in [5.74, 6) is 0. The van der Waals surface area contributed by atoms with Crippen molar-refractivity contribution >= 4 is 11.4 Å². The molecule has 82 valence electrons. The Balaban J connectivity index is 2.28. The van der Waals surface area contributed by atoms with E-state index in [1.807, 2.05) is 31.2 Å². The predicted molar refractivity (Wildman–Crippen MR) is 69.3 cm³/mol. The summed E-state index contributed by atoms with van der Waals surface area (Å²) in [6.45, 7) is 2.02. The first-order chi connectivity index (χ1) is 7.66. The number of anilines is 2. The third kappa shape index (κ3) is 2.16. The third-order valence-corrected chi connectivity index (χ3v) is 2.78. The molecule has 0 saturated carbocycles. The average molecular weight is 212 g/mol. The van der Waals surface area contributed by atoms with E-state index in [-0.39, 0.29) is 0 Å². The zero-order chi connectivity index (χ0) is 11.5.